The minimum Gasteiger partial charge on any atom is -0.408 e. The molecule has 12 aromatic rings. The zero-order valence-electron chi connectivity index (χ0n) is 46.3. The molecule has 0 aliphatic rings. The van der Waals surface area contributed by atoms with Gasteiger partial charge in [0.25, 0.3) is 0 Å². The van der Waals surface area contributed by atoms with Crippen molar-refractivity contribution in [3.05, 3.63) is 343 Å². The first kappa shape index (κ1) is 53.1. The summed E-state index contributed by atoms with van der Waals surface area (Å²) < 4.78 is 23.1. The van der Waals surface area contributed by atoms with Crippen molar-refractivity contribution >= 4 is 8.60 Å². The topological polar surface area (TPSA) is 27.7 Å². The van der Waals surface area contributed by atoms with Gasteiger partial charge < -0.3 is 13.6 Å². The van der Waals surface area contributed by atoms with E-state index in [0.29, 0.717) is 17.2 Å². The molecule has 3 nitrogen and oxygen atoms in total. The Bertz CT molecular complexity index is 3590. The molecule has 0 saturated carbocycles. The summed E-state index contributed by atoms with van der Waals surface area (Å²) in [5.41, 5.74) is 19.6. The first-order chi connectivity index (χ1) is 40.5. The maximum absolute atomic E-state index is 7.70. The van der Waals surface area contributed by atoms with Crippen molar-refractivity contribution in [2.45, 2.75) is 38.5 Å². The Morgan fingerprint density at radius 2 is 0.390 bits per heavy atom. The number of hydrogen-bond acceptors (Lipinski definition) is 3. The second kappa shape index (κ2) is 24.9. The molecule has 0 amide bonds. The Kier molecular flexibility index (Phi) is 16.1. The summed E-state index contributed by atoms with van der Waals surface area (Å²) in [6.45, 7) is 6.88. The van der Waals surface area contributed by atoms with E-state index in [4.69, 9.17) is 13.6 Å². The molecule has 398 valence electrons. The van der Waals surface area contributed by atoms with Gasteiger partial charge in [-0.3, -0.25) is 0 Å². The molecule has 0 bridgehead atoms. The minimum atomic E-state index is -2.36. The molecule has 0 aromatic heterocycles. The van der Waals surface area contributed by atoms with E-state index in [0.717, 1.165) is 66.8 Å². The molecule has 0 aliphatic carbocycles. The van der Waals surface area contributed by atoms with Gasteiger partial charge in [-0.25, -0.2) is 0 Å². The zero-order chi connectivity index (χ0) is 55.6. The Balaban J connectivity index is 1.12. The number of rotatable bonds is 18. The SMILES string of the molecule is CC(c1ccccc1)c1ccc(OP(Oc2ccc(C(C)c3ccccc3)c(-c3ccccc3)c2-c2ccccc2)Oc2ccc(C(C)c3ccccc3)c(-c3ccccc3)c2-c2ccccc2)c(-c2ccccc2)c1-c1ccccc1. The van der Waals surface area contributed by atoms with E-state index in [2.05, 4.69) is 330 Å². The van der Waals surface area contributed by atoms with E-state index in [-0.39, 0.29) is 17.8 Å². The molecule has 0 N–H and O–H groups in total. The first-order valence-corrected chi connectivity index (χ1v) is 29.4. The summed E-state index contributed by atoms with van der Waals surface area (Å²) in [6.07, 6.45) is 0. The third-order valence-electron chi connectivity index (χ3n) is 15.8. The lowest BCUT2D eigenvalue weighted by Crippen LogP contribution is -2.09. The molecule has 12 rings (SSSR count). The fraction of sp³-hybridized carbons (Fsp3) is 0.0769. The van der Waals surface area contributed by atoms with Gasteiger partial charge in [-0.15, -0.1) is 0 Å². The smallest absolute Gasteiger partial charge is 0.408 e. The molecule has 0 fully saturated rings. The first-order valence-electron chi connectivity index (χ1n) is 28.3. The van der Waals surface area contributed by atoms with Crippen molar-refractivity contribution in [2.75, 3.05) is 0 Å². The van der Waals surface area contributed by atoms with E-state index in [1.807, 2.05) is 0 Å². The minimum absolute atomic E-state index is 0.0465. The maximum atomic E-state index is 7.70. The Hall–Kier alpha value is -9.53. The van der Waals surface area contributed by atoms with E-state index in [9.17, 15) is 0 Å². The summed E-state index contributed by atoms with van der Waals surface area (Å²) in [7, 11) is -2.36. The van der Waals surface area contributed by atoms with Gasteiger partial charge in [0.05, 0.1) is 0 Å². The third-order valence-corrected chi connectivity index (χ3v) is 16.8. The highest BCUT2D eigenvalue weighted by Gasteiger charge is 2.32. The molecule has 0 saturated heterocycles. The van der Waals surface area contributed by atoms with Gasteiger partial charge >= 0.3 is 8.60 Å². The summed E-state index contributed by atoms with van der Waals surface area (Å²) >= 11 is 0. The molecule has 82 heavy (non-hydrogen) atoms. The quantitative estimate of drug-likeness (QED) is 0.0802. The standard InChI is InChI=1S/C78H63O3P/c1-55(58-31-13-4-14-32-58)67-49-52-70(76(64-43-25-10-26-44-64)73(67)61-37-19-7-20-38-61)79-82(80-71-53-50-68(56(2)59-33-15-5-16-34-59)74(62-39-21-8-22-40-62)77(71)65-45-27-11-28-46-65)81-72-54-51-69(57(3)60-35-17-6-18-36-60)75(63-41-23-9-24-42-63)78(72)66-47-29-12-30-48-66/h4-57H,1-3H3. The highest BCUT2D eigenvalue weighted by Crippen LogP contribution is 2.56. The van der Waals surface area contributed by atoms with Crippen LogP contribution in [0.4, 0.5) is 0 Å². The van der Waals surface area contributed by atoms with Crippen LogP contribution in [-0.4, -0.2) is 0 Å². The normalized spacial score (nSPS) is 12.6. The molecule has 3 unspecified atom stereocenters. The van der Waals surface area contributed by atoms with Gasteiger partial charge in [-0.05, 0) is 102 Å². The van der Waals surface area contributed by atoms with Crippen LogP contribution in [0.3, 0.4) is 0 Å². The Morgan fingerprint density at radius 1 is 0.207 bits per heavy atom. The van der Waals surface area contributed by atoms with Gasteiger partial charge in [0, 0.05) is 34.4 Å². The number of benzene rings is 12. The second-order valence-electron chi connectivity index (χ2n) is 20.8. The van der Waals surface area contributed by atoms with Crippen LogP contribution in [0.2, 0.25) is 0 Å². The molecular weight excluding hydrogens is 1020 g/mol. The second-order valence-corrected chi connectivity index (χ2v) is 21.8. The zero-order valence-corrected chi connectivity index (χ0v) is 47.2. The van der Waals surface area contributed by atoms with Crippen molar-refractivity contribution in [3.8, 4) is 84.0 Å². The van der Waals surface area contributed by atoms with Crippen molar-refractivity contribution in [2.24, 2.45) is 0 Å². The predicted octanol–water partition coefficient (Wildman–Crippen LogP) is 21.9. The van der Waals surface area contributed by atoms with Crippen LogP contribution in [0.1, 0.15) is 71.9 Å². The molecule has 0 heterocycles. The van der Waals surface area contributed by atoms with Crippen LogP contribution in [0.25, 0.3) is 66.8 Å². The van der Waals surface area contributed by atoms with Crippen LogP contribution >= 0.6 is 8.60 Å². The summed E-state index contributed by atoms with van der Waals surface area (Å²) in [6, 6.07) is 109. The van der Waals surface area contributed by atoms with Gasteiger partial charge in [-0.2, -0.15) is 0 Å². The van der Waals surface area contributed by atoms with Gasteiger partial charge in [0.1, 0.15) is 17.2 Å². The molecule has 0 radical (unpaired) electrons. The van der Waals surface area contributed by atoms with Crippen molar-refractivity contribution in [1.82, 2.24) is 0 Å². The largest absolute Gasteiger partial charge is 0.530 e. The highest BCUT2D eigenvalue weighted by atomic mass is 31.2. The molecular formula is C78H63O3P. The lowest BCUT2D eigenvalue weighted by Gasteiger charge is -2.28. The van der Waals surface area contributed by atoms with Crippen LogP contribution < -0.4 is 13.6 Å². The van der Waals surface area contributed by atoms with Crippen LogP contribution in [-0.2, 0) is 0 Å². The van der Waals surface area contributed by atoms with E-state index in [1.54, 1.807) is 0 Å². The van der Waals surface area contributed by atoms with E-state index < -0.39 is 8.60 Å². The fourth-order valence-electron chi connectivity index (χ4n) is 11.6. The maximum Gasteiger partial charge on any atom is 0.530 e. The Labute approximate surface area is 484 Å². The van der Waals surface area contributed by atoms with Crippen molar-refractivity contribution in [1.29, 1.82) is 0 Å². The van der Waals surface area contributed by atoms with E-state index >= 15 is 0 Å². The van der Waals surface area contributed by atoms with Gasteiger partial charge in [0.2, 0.25) is 0 Å². The molecule has 4 heteroatoms. The lowest BCUT2D eigenvalue weighted by molar-refractivity contribution is 0.390. The average molecular weight is 1080 g/mol. The average Bonchev–Trinajstić information content (AvgIpc) is 3.73. The molecule has 0 aliphatic heterocycles. The van der Waals surface area contributed by atoms with Crippen LogP contribution in [0.15, 0.2) is 309 Å². The summed E-state index contributed by atoms with van der Waals surface area (Å²) in [4.78, 5) is 0. The van der Waals surface area contributed by atoms with Crippen LogP contribution in [0.5, 0.6) is 17.2 Å². The van der Waals surface area contributed by atoms with E-state index in [1.165, 1.54) is 33.4 Å². The van der Waals surface area contributed by atoms with Crippen molar-refractivity contribution in [3.63, 3.8) is 0 Å². The monoisotopic (exact) mass is 1080 g/mol. The lowest BCUT2D eigenvalue weighted by atomic mass is 9.82. The highest BCUT2D eigenvalue weighted by molar-refractivity contribution is 7.43. The van der Waals surface area contributed by atoms with Crippen molar-refractivity contribution < 1.29 is 13.6 Å². The van der Waals surface area contributed by atoms with Gasteiger partial charge in [-0.1, -0.05) is 312 Å². The number of hydrogen-bond donors (Lipinski definition) is 0. The predicted molar refractivity (Wildman–Crippen MR) is 343 cm³/mol. The fourth-order valence-corrected chi connectivity index (χ4v) is 12.6. The summed E-state index contributed by atoms with van der Waals surface area (Å²) in [5, 5.41) is 0. The van der Waals surface area contributed by atoms with Gasteiger partial charge in [0.15, 0.2) is 0 Å². The molecule has 12 aromatic carbocycles. The Morgan fingerprint density at radius 3 is 0.598 bits per heavy atom. The molecule has 0 spiro atoms. The third kappa shape index (κ3) is 11.3. The summed E-state index contributed by atoms with van der Waals surface area (Å²) in [5.74, 6) is 2.05. The molecule has 3 atom stereocenters. The van der Waals surface area contributed by atoms with Crippen LogP contribution in [0, 0.1) is 0 Å².